The van der Waals surface area contributed by atoms with Gasteiger partial charge in [-0.1, -0.05) is 23.4 Å². The zero-order chi connectivity index (χ0) is 22.7. The van der Waals surface area contributed by atoms with Crippen molar-refractivity contribution in [3.63, 3.8) is 0 Å². The van der Waals surface area contributed by atoms with Gasteiger partial charge in [-0.3, -0.25) is 18.3 Å². The van der Waals surface area contributed by atoms with E-state index in [1.807, 2.05) is 16.5 Å². The van der Waals surface area contributed by atoms with Gasteiger partial charge in [-0.15, -0.1) is 10.2 Å². The first-order chi connectivity index (χ1) is 15.3. The van der Waals surface area contributed by atoms with E-state index in [1.54, 1.807) is 35.4 Å². The second-order valence-electron chi connectivity index (χ2n) is 8.30. The lowest BCUT2D eigenvalue weighted by Crippen LogP contribution is -2.19. The van der Waals surface area contributed by atoms with Gasteiger partial charge >= 0.3 is 5.69 Å². The summed E-state index contributed by atoms with van der Waals surface area (Å²) in [7, 11) is 3.45. The summed E-state index contributed by atoms with van der Waals surface area (Å²) in [5.74, 6) is 0.210. The maximum Gasteiger partial charge on any atom is 0.328 e. The van der Waals surface area contributed by atoms with Crippen LogP contribution in [0.2, 0.25) is 0 Å². The number of thioether (sulfide) groups is 1. The van der Waals surface area contributed by atoms with Crippen LogP contribution in [0, 0.1) is 20.8 Å². The third-order valence-electron chi connectivity index (χ3n) is 6.02. The maximum absolute atomic E-state index is 13.0. The molecule has 0 saturated heterocycles. The fraction of sp³-hybridized carbons (Fsp3) is 0.250. The molecule has 0 saturated carbocycles. The van der Waals surface area contributed by atoms with E-state index in [0.29, 0.717) is 10.7 Å². The molecule has 0 atom stereocenters. The number of hydrogen-bond donors (Lipinski definition) is 0. The minimum atomic E-state index is -0.110. The summed E-state index contributed by atoms with van der Waals surface area (Å²) < 4.78 is 5.18. The van der Waals surface area contributed by atoms with Crippen molar-refractivity contribution < 1.29 is 4.79 Å². The first kappa shape index (κ1) is 20.5. The van der Waals surface area contributed by atoms with Crippen LogP contribution < -0.4 is 5.69 Å². The van der Waals surface area contributed by atoms with Gasteiger partial charge < -0.3 is 0 Å². The number of aryl methyl sites for hydroxylation is 5. The SMILES string of the molecule is Cc1cc(C)c2c(c1)c(C)cc1nnc(SCC(=O)c3ccc4c(c3)n(C)c(=O)n4C)n12. The normalized spacial score (nSPS) is 11.8. The van der Waals surface area contributed by atoms with Crippen LogP contribution in [0.25, 0.3) is 27.6 Å². The van der Waals surface area contributed by atoms with Crippen molar-refractivity contribution >= 4 is 45.1 Å². The van der Waals surface area contributed by atoms with Gasteiger partial charge in [-0.05, 0) is 62.2 Å². The van der Waals surface area contributed by atoms with Crippen molar-refractivity contribution in [2.45, 2.75) is 25.9 Å². The molecule has 0 aliphatic rings. The van der Waals surface area contributed by atoms with Crippen LogP contribution >= 0.6 is 11.8 Å². The fourth-order valence-corrected chi connectivity index (χ4v) is 5.24. The Bertz CT molecular complexity index is 1620. The van der Waals surface area contributed by atoms with E-state index in [0.717, 1.165) is 33.3 Å². The molecule has 0 radical (unpaired) electrons. The first-order valence-corrected chi connectivity index (χ1v) is 11.3. The number of ketones is 1. The average molecular weight is 446 g/mol. The predicted molar refractivity (Wildman–Crippen MR) is 128 cm³/mol. The molecule has 0 aliphatic heterocycles. The molecule has 3 heterocycles. The molecule has 0 spiro atoms. The van der Waals surface area contributed by atoms with Gasteiger partial charge in [0.15, 0.2) is 16.6 Å². The van der Waals surface area contributed by atoms with Crippen LogP contribution in [0.1, 0.15) is 27.0 Å². The smallest absolute Gasteiger partial charge is 0.295 e. The number of imidazole rings is 1. The molecule has 0 bridgehead atoms. The molecule has 32 heavy (non-hydrogen) atoms. The largest absolute Gasteiger partial charge is 0.328 e. The molecule has 0 fully saturated rings. The van der Waals surface area contributed by atoms with E-state index >= 15 is 0 Å². The minimum Gasteiger partial charge on any atom is -0.295 e. The Morgan fingerprint density at radius 1 is 0.938 bits per heavy atom. The highest BCUT2D eigenvalue weighted by Crippen LogP contribution is 2.29. The number of Topliss-reactive ketones (excluding diaryl/α,β-unsaturated/α-hetero) is 1. The van der Waals surface area contributed by atoms with Gasteiger partial charge in [0, 0.05) is 25.0 Å². The van der Waals surface area contributed by atoms with Crippen LogP contribution in [0.15, 0.2) is 46.3 Å². The van der Waals surface area contributed by atoms with Crippen molar-refractivity contribution in [2.24, 2.45) is 14.1 Å². The number of nitrogens with zero attached hydrogens (tertiary/aromatic N) is 5. The zero-order valence-corrected chi connectivity index (χ0v) is 19.4. The van der Waals surface area contributed by atoms with E-state index in [4.69, 9.17) is 0 Å². The summed E-state index contributed by atoms with van der Waals surface area (Å²) in [6.45, 7) is 6.27. The van der Waals surface area contributed by atoms with E-state index in [2.05, 4.69) is 43.1 Å². The standard InChI is InChI=1S/C24H23N5O2S/c1-13-8-15(3)22-17(9-13)14(2)10-21-25-26-23(29(21)22)32-12-20(30)16-6-7-18-19(11-16)28(5)24(31)27(18)4/h6-11H,12H2,1-5H3. The molecule has 2 aromatic carbocycles. The minimum absolute atomic E-state index is 0.0195. The Hall–Kier alpha value is -3.39. The molecular formula is C24H23N5O2S. The summed E-state index contributed by atoms with van der Waals surface area (Å²) >= 11 is 1.38. The van der Waals surface area contributed by atoms with Crippen molar-refractivity contribution in [2.75, 3.05) is 5.75 Å². The molecule has 5 aromatic rings. The Labute approximate surface area is 188 Å². The monoisotopic (exact) mass is 445 g/mol. The number of rotatable bonds is 4. The highest BCUT2D eigenvalue weighted by Gasteiger charge is 2.17. The summed E-state index contributed by atoms with van der Waals surface area (Å²) in [5.41, 5.74) is 7.38. The number of pyridine rings is 1. The molecule has 0 amide bonds. The van der Waals surface area contributed by atoms with Crippen molar-refractivity contribution in [3.8, 4) is 0 Å². The Morgan fingerprint density at radius 3 is 2.47 bits per heavy atom. The lowest BCUT2D eigenvalue weighted by molar-refractivity contribution is 0.102. The van der Waals surface area contributed by atoms with Gasteiger partial charge in [-0.2, -0.15) is 0 Å². The van der Waals surface area contributed by atoms with E-state index in [9.17, 15) is 9.59 Å². The maximum atomic E-state index is 13.0. The number of hydrogen-bond acceptors (Lipinski definition) is 5. The lowest BCUT2D eigenvalue weighted by Gasteiger charge is -2.11. The number of carbonyl (C=O) groups excluding carboxylic acids is 1. The van der Waals surface area contributed by atoms with Crippen molar-refractivity contribution in [1.82, 2.24) is 23.7 Å². The van der Waals surface area contributed by atoms with Gasteiger partial charge in [0.25, 0.3) is 0 Å². The van der Waals surface area contributed by atoms with Gasteiger partial charge in [0.2, 0.25) is 0 Å². The highest BCUT2D eigenvalue weighted by atomic mass is 32.2. The summed E-state index contributed by atoms with van der Waals surface area (Å²) in [5, 5.41) is 10.6. The predicted octanol–water partition coefficient (Wildman–Crippen LogP) is 3.97. The second-order valence-corrected chi connectivity index (χ2v) is 9.24. The van der Waals surface area contributed by atoms with Gasteiger partial charge in [0.1, 0.15) is 0 Å². The van der Waals surface area contributed by atoms with E-state index < -0.39 is 0 Å². The van der Waals surface area contributed by atoms with Crippen molar-refractivity contribution in [3.05, 3.63) is 69.1 Å². The third kappa shape index (κ3) is 3.05. The third-order valence-corrected chi connectivity index (χ3v) is 6.95. The molecular weight excluding hydrogens is 422 g/mol. The van der Waals surface area contributed by atoms with Gasteiger partial charge in [0.05, 0.1) is 22.3 Å². The summed E-state index contributed by atoms with van der Waals surface area (Å²) in [4.78, 5) is 25.2. The van der Waals surface area contributed by atoms with E-state index in [1.165, 1.54) is 22.7 Å². The number of aromatic nitrogens is 5. The molecule has 0 N–H and O–H groups in total. The molecule has 0 unspecified atom stereocenters. The lowest BCUT2D eigenvalue weighted by atomic mass is 10.0. The molecule has 162 valence electrons. The molecule has 7 nitrogen and oxygen atoms in total. The van der Waals surface area contributed by atoms with Crippen LogP contribution in [-0.4, -0.2) is 35.3 Å². The van der Waals surface area contributed by atoms with Gasteiger partial charge in [-0.25, -0.2) is 4.79 Å². The molecule has 5 rings (SSSR count). The number of carbonyl (C=O) groups is 1. The Morgan fingerprint density at radius 2 is 1.69 bits per heavy atom. The Balaban J connectivity index is 1.51. The molecule has 0 aliphatic carbocycles. The number of fused-ring (bicyclic) bond motifs is 4. The summed E-state index contributed by atoms with van der Waals surface area (Å²) in [6, 6.07) is 11.7. The average Bonchev–Trinajstić information content (AvgIpc) is 3.26. The van der Waals surface area contributed by atoms with Crippen LogP contribution in [-0.2, 0) is 14.1 Å². The quantitative estimate of drug-likeness (QED) is 0.309. The fourth-order valence-electron chi connectivity index (χ4n) is 4.40. The summed E-state index contributed by atoms with van der Waals surface area (Å²) in [6.07, 6.45) is 0. The number of benzene rings is 2. The highest BCUT2D eigenvalue weighted by molar-refractivity contribution is 7.99. The Kier molecular flexibility index (Phi) is 4.70. The van der Waals surface area contributed by atoms with Crippen LogP contribution in [0.4, 0.5) is 0 Å². The van der Waals surface area contributed by atoms with Crippen LogP contribution in [0.5, 0.6) is 0 Å². The topological polar surface area (TPSA) is 74.2 Å². The van der Waals surface area contributed by atoms with Crippen molar-refractivity contribution in [1.29, 1.82) is 0 Å². The zero-order valence-electron chi connectivity index (χ0n) is 18.6. The molecule has 8 heteroatoms. The van der Waals surface area contributed by atoms with Crippen LogP contribution in [0.3, 0.4) is 0 Å². The second kappa shape index (κ2) is 7.34. The first-order valence-electron chi connectivity index (χ1n) is 10.3. The molecule has 3 aromatic heterocycles. The van der Waals surface area contributed by atoms with E-state index in [-0.39, 0.29) is 17.2 Å².